The molecule has 0 radical (unpaired) electrons. The Morgan fingerprint density at radius 3 is 2.54 bits per heavy atom. The molecule has 1 aromatic carbocycles. The highest BCUT2D eigenvalue weighted by Crippen LogP contribution is 2.20. The first-order chi connectivity index (χ1) is 17.3. The van der Waals surface area contributed by atoms with Gasteiger partial charge in [-0.2, -0.15) is 0 Å². The van der Waals surface area contributed by atoms with Crippen molar-refractivity contribution in [3.05, 3.63) is 53.7 Å². The van der Waals surface area contributed by atoms with Crippen LogP contribution >= 0.6 is 12.4 Å². The molecular weight excluding hydrogens is 500 g/mol. The van der Waals surface area contributed by atoms with E-state index in [0.29, 0.717) is 32.2 Å². The molecule has 1 aliphatic rings. The van der Waals surface area contributed by atoms with Crippen LogP contribution in [0.1, 0.15) is 61.1 Å². The molecule has 12 heteroatoms. The van der Waals surface area contributed by atoms with E-state index in [9.17, 15) is 19.2 Å². The van der Waals surface area contributed by atoms with Crippen LogP contribution in [0.15, 0.2) is 41.0 Å². The maximum absolute atomic E-state index is 13.4. The number of aromatic nitrogens is 1. The van der Waals surface area contributed by atoms with Crippen LogP contribution in [-0.2, 0) is 20.8 Å². The molecular formula is C25H35ClN6O5. The van der Waals surface area contributed by atoms with Gasteiger partial charge >= 0.3 is 0 Å². The third-order valence-corrected chi connectivity index (χ3v) is 5.94. The number of amides is 4. The van der Waals surface area contributed by atoms with E-state index in [1.54, 1.807) is 0 Å². The monoisotopic (exact) mass is 534 g/mol. The van der Waals surface area contributed by atoms with Gasteiger partial charge in [0.1, 0.15) is 24.4 Å². The number of nitrogens with zero attached hydrogens (tertiary/aromatic N) is 1. The third-order valence-electron chi connectivity index (χ3n) is 5.94. The zero-order chi connectivity index (χ0) is 26.1. The van der Waals surface area contributed by atoms with Crippen molar-refractivity contribution in [2.75, 3.05) is 13.1 Å². The number of oxazole rings is 1. The second-order valence-electron chi connectivity index (χ2n) is 9.13. The van der Waals surface area contributed by atoms with Gasteiger partial charge in [0.05, 0.1) is 6.54 Å². The Morgan fingerprint density at radius 1 is 1.14 bits per heavy atom. The highest BCUT2D eigenvalue weighted by molar-refractivity contribution is 5.93. The minimum absolute atomic E-state index is 0. The van der Waals surface area contributed by atoms with Crippen molar-refractivity contribution in [2.24, 2.45) is 11.7 Å². The molecule has 2 bridgehead atoms. The number of benzene rings is 1. The number of nitrogens with one attached hydrogen (secondary N) is 4. The molecule has 0 saturated carbocycles. The Kier molecular flexibility index (Phi) is 11.5. The van der Waals surface area contributed by atoms with Crippen molar-refractivity contribution in [1.29, 1.82) is 0 Å². The van der Waals surface area contributed by atoms with Crippen molar-refractivity contribution < 1.29 is 23.6 Å². The van der Waals surface area contributed by atoms with Crippen LogP contribution in [0.5, 0.6) is 0 Å². The van der Waals surface area contributed by atoms with Crippen molar-refractivity contribution in [2.45, 2.75) is 57.7 Å². The summed E-state index contributed by atoms with van der Waals surface area (Å²) in [7, 11) is 0. The second kappa shape index (κ2) is 14.3. The Labute approximate surface area is 222 Å². The van der Waals surface area contributed by atoms with Crippen LogP contribution in [0.25, 0.3) is 0 Å². The van der Waals surface area contributed by atoms with Gasteiger partial charge in [-0.05, 0) is 30.7 Å². The fourth-order valence-electron chi connectivity index (χ4n) is 3.94. The summed E-state index contributed by atoms with van der Waals surface area (Å²) >= 11 is 0. The van der Waals surface area contributed by atoms with Crippen LogP contribution < -0.4 is 27.0 Å². The number of carbonyl (C=O) groups is 4. The molecule has 202 valence electrons. The lowest BCUT2D eigenvalue weighted by atomic mass is 10.00. The molecule has 6 N–H and O–H groups in total. The first kappa shape index (κ1) is 29.8. The van der Waals surface area contributed by atoms with E-state index in [2.05, 4.69) is 26.3 Å². The molecule has 3 atom stereocenters. The SMILES string of the molecule is CC(C)[C@@H]1NC(=O)[C@@H](NC(=O)CN)CCCCNC(=O)c2coc(n2)[C@@H](Cc2ccccc2)NC1=O.Cl. The van der Waals surface area contributed by atoms with E-state index in [1.165, 1.54) is 6.26 Å². The van der Waals surface area contributed by atoms with Crippen LogP contribution in [0, 0.1) is 5.92 Å². The summed E-state index contributed by atoms with van der Waals surface area (Å²) in [6, 6.07) is 7.06. The standard InChI is InChI=1S/C25H34N6O5.ClH/c1-15(2)21-24(35)29-18(12-16-8-4-3-5-9-16)25-30-19(14-36-25)22(33)27-11-7-6-10-17(23(34)31-21)28-20(32)13-26;/h3-5,8-9,14-15,17-18,21H,6-7,10-13,26H2,1-2H3,(H,27,33)(H,28,32)(H,29,35)(H,31,34);1H/t17-,18+,21-;/m0./s1. The average molecular weight is 535 g/mol. The quantitative estimate of drug-likeness (QED) is 0.381. The van der Waals surface area contributed by atoms with Gasteiger partial charge in [0, 0.05) is 13.0 Å². The number of rotatable bonds is 5. The lowest BCUT2D eigenvalue weighted by Crippen LogP contribution is -2.56. The molecule has 4 amide bonds. The van der Waals surface area contributed by atoms with Crippen molar-refractivity contribution >= 4 is 36.0 Å². The van der Waals surface area contributed by atoms with E-state index in [-0.39, 0.29) is 36.5 Å². The fraction of sp³-hybridized carbons (Fsp3) is 0.480. The smallest absolute Gasteiger partial charge is 0.273 e. The predicted octanol–water partition coefficient (Wildman–Crippen LogP) is 0.994. The van der Waals surface area contributed by atoms with Gasteiger partial charge in [-0.1, -0.05) is 44.2 Å². The topological polar surface area (TPSA) is 168 Å². The maximum atomic E-state index is 13.4. The Bertz CT molecular complexity index is 1060. The maximum Gasteiger partial charge on any atom is 0.273 e. The lowest BCUT2D eigenvalue weighted by molar-refractivity contribution is -0.133. The van der Waals surface area contributed by atoms with Crippen LogP contribution in [0.2, 0.25) is 0 Å². The zero-order valence-electron chi connectivity index (χ0n) is 21.0. The Hall–Kier alpha value is -3.44. The van der Waals surface area contributed by atoms with E-state index < -0.39 is 41.8 Å². The molecule has 0 aliphatic carbocycles. The van der Waals surface area contributed by atoms with E-state index in [1.807, 2.05) is 44.2 Å². The number of fused-ring (bicyclic) bond motifs is 2. The first-order valence-corrected chi connectivity index (χ1v) is 12.2. The summed E-state index contributed by atoms with van der Waals surface area (Å²) in [6.07, 6.45) is 3.08. The fourth-order valence-corrected chi connectivity index (χ4v) is 3.94. The molecule has 1 aliphatic heterocycles. The highest BCUT2D eigenvalue weighted by Gasteiger charge is 2.31. The van der Waals surface area contributed by atoms with Crippen LogP contribution in [0.4, 0.5) is 0 Å². The second-order valence-corrected chi connectivity index (χ2v) is 9.13. The van der Waals surface area contributed by atoms with E-state index in [0.717, 1.165) is 5.56 Å². The molecule has 0 saturated heterocycles. The average Bonchev–Trinajstić information content (AvgIpc) is 3.36. The summed E-state index contributed by atoms with van der Waals surface area (Å²) in [5, 5.41) is 11.1. The van der Waals surface area contributed by atoms with Crippen LogP contribution in [0.3, 0.4) is 0 Å². The Balaban J connectivity index is 0.00000481. The van der Waals surface area contributed by atoms with Crippen molar-refractivity contribution in [1.82, 2.24) is 26.3 Å². The summed E-state index contributed by atoms with van der Waals surface area (Å²) in [5.41, 5.74) is 6.46. The number of carbonyl (C=O) groups excluding carboxylic acids is 4. The molecule has 2 aromatic rings. The van der Waals surface area contributed by atoms with Crippen molar-refractivity contribution in [3.63, 3.8) is 0 Å². The van der Waals surface area contributed by atoms with E-state index in [4.69, 9.17) is 10.2 Å². The third kappa shape index (κ3) is 8.57. The molecule has 37 heavy (non-hydrogen) atoms. The summed E-state index contributed by atoms with van der Waals surface area (Å²) < 4.78 is 5.60. The largest absolute Gasteiger partial charge is 0.446 e. The Morgan fingerprint density at radius 2 is 1.86 bits per heavy atom. The summed E-state index contributed by atoms with van der Waals surface area (Å²) in [6.45, 7) is 3.73. The van der Waals surface area contributed by atoms with Gasteiger partial charge < -0.3 is 31.4 Å². The van der Waals surface area contributed by atoms with Crippen molar-refractivity contribution in [3.8, 4) is 0 Å². The zero-order valence-corrected chi connectivity index (χ0v) is 21.8. The molecule has 2 heterocycles. The number of hydrogen-bond acceptors (Lipinski definition) is 7. The number of halogens is 1. The first-order valence-electron chi connectivity index (χ1n) is 12.2. The minimum Gasteiger partial charge on any atom is -0.446 e. The van der Waals surface area contributed by atoms with Gasteiger partial charge in [0.2, 0.25) is 23.6 Å². The molecule has 0 unspecified atom stereocenters. The molecule has 3 rings (SSSR count). The molecule has 0 fully saturated rings. The van der Waals surface area contributed by atoms with E-state index >= 15 is 0 Å². The lowest BCUT2D eigenvalue weighted by Gasteiger charge is -2.27. The predicted molar refractivity (Wildman–Crippen MR) is 139 cm³/mol. The van der Waals surface area contributed by atoms with Gasteiger partial charge in [-0.25, -0.2) is 4.98 Å². The van der Waals surface area contributed by atoms with Gasteiger partial charge in [0.15, 0.2) is 5.69 Å². The highest BCUT2D eigenvalue weighted by atomic mass is 35.5. The van der Waals surface area contributed by atoms with Gasteiger partial charge in [0.25, 0.3) is 5.91 Å². The number of nitrogens with two attached hydrogens (primary N) is 1. The minimum atomic E-state index is -0.876. The summed E-state index contributed by atoms with van der Waals surface area (Å²) in [4.78, 5) is 55.3. The van der Waals surface area contributed by atoms with Gasteiger partial charge in [-0.3, -0.25) is 19.2 Å². The summed E-state index contributed by atoms with van der Waals surface area (Å²) in [5.74, 6) is -1.83. The molecule has 11 nitrogen and oxygen atoms in total. The normalized spacial score (nSPS) is 21.3. The van der Waals surface area contributed by atoms with Gasteiger partial charge in [-0.15, -0.1) is 12.4 Å². The number of hydrogen-bond donors (Lipinski definition) is 5. The molecule has 1 aromatic heterocycles. The van der Waals surface area contributed by atoms with Crippen LogP contribution in [-0.4, -0.2) is 53.8 Å². The molecule has 0 spiro atoms.